The summed E-state index contributed by atoms with van der Waals surface area (Å²) in [6, 6.07) is 3.34. The van der Waals surface area contributed by atoms with Crippen molar-refractivity contribution in [1.29, 1.82) is 0 Å². The van der Waals surface area contributed by atoms with Crippen LogP contribution in [0.1, 0.15) is 0 Å². The number of rotatable bonds is 1. The Balaban J connectivity index is 2.60. The van der Waals surface area contributed by atoms with Crippen molar-refractivity contribution >= 4 is 28.9 Å². The number of hydrogen-bond donors (Lipinski definition) is 2. The predicted octanol–water partition coefficient (Wildman–Crippen LogP) is 2.97. The number of hydrogen-bond acceptors (Lipinski definition) is 2. The quantitative estimate of drug-likeness (QED) is 0.737. The van der Waals surface area contributed by atoms with Gasteiger partial charge in [-0.2, -0.15) is 0 Å². The van der Waals surface area contributed by atoms with Crippen LogP contribution in [0.4, 0.5) is 5.69 Å². The van der Waals surface area contributed by atoms with Crippen LogP contribution >= 0.6 is 23.2 Å². The van der Waals surface area contributed by atoms with Gasteiger partial charge in [0, 0.05) is 11.3 Å². The molecular formula is C9H7Cl2N3. The van der Waals surface area contributed by atoms with E-state index in [2.05, 4.69) is 9.97 Å². The normalized spacial score (nSPS) is 10.4. The lowest BCUT2D eigenvalue weighted by molar-refractivity contribution is 1.31. The summed E-state index contributed by atoms with van der Waals surface area (Å²) in [4.78, 5) is 6.85. The minimum Gasteiger partial charge on any atom is -0.398 e. The molecule has 0 unspecified atom stereocenters. The van der Waals surface area contributed by atoms with Crippen LogP contribution in [-0.4, -0.2) is 9.97 Å². The minimum absolute atomic E-state index is 0.451. The second kappa shape index (κ2) is 3.52. The maximum Gasteiger partial charge on any atom is 0.0924 e. The van der Waals surface area contributed by atoms with Gasteiger partial charge in [-0.1, -0.05) is 23.2 Å². The summed E-state index contributed by atoms with van der Waals surface area (Å²) < 4.78 is 0. The number of aromatic amines is 1. The molecule has 0 bridgehead atoms. The Hall–Kier alpha value is -1.19. The van der Waals surface area contributed by atoms with Crippen LogP contribution in [0.25, 0.3) is 11.3 Å². The van der Waals surface area contributed by atoms with Gasteiger partial charge in [0.2, 0.25) is 0 Å². The highest BCUT2D eigenvalue weighted by Crippen LogP contribution is 2.32. The van der Waals surface area contributed by atoms with E-state index in [1.807, 2.05) is 0 Å². The Labute approximate surface area is 90.9 Å². The van der Waals surface area contributed by atoms with E-state index in [9.17, 15) is 0 Å². The number of nitrogens with one attached hydrogen (secondary N) is 1. The van der Waals surface area contributed by atoms with E-state index < -0.39 is 0 Å². The van der Waals surface area contributed by atoms with Gasteiger partial charge < -0.3 is 10.7 Å². The van der Waals surface area contributed by atoms with Gasteiger partial charge in [0.05, 0.1) is 28.3 Å². The molecule has 14 heavy (non-hydrogen) atoms. The first-order chi connectivity index (χ1) is 6.68. The van der Waals surface area contributed by atoms with Crippen molar-refractivity contribution in [2.45, 2.75) is 0 Å². The van der Waals surface area contributed by atoms with Gasteiger partial charge in [0.1, 0.15) is 0 Å². The third kappa shape index (κ3) is 1.56. The summed E-state index contributed by atoms with van der Waals surface area (Å²) in [7, 11) is 0. The van der Waals surface area contributed by atoms with E-state index in [1.165, 1.54) is 0 Å². The highest BCUT2D eigenvalue weighted by atomic mass is 35.5. The molecule has 1 aromatic heterocycles. The highest BCUT2D eigenvalue weighted by molar-refractivity contribution is 6.42. The fourth-order valence-electron chi connectivity index (χ4n) is 1.20. The number of halogens is 2. The van der Waals surface area contributed by atoms with Crippen LogP contribution in [0.2, 0.25) is 10.0 Å². The average molecular weight is 228 g/mol. The van der Waals surface area contributed by atoms with Crippen LogP contribution in [0.5, 0.6) is 0 Å². The van der Waals surface area contributed by atoms with E-state index in [1.54, 1.807) is 24.7 Å². The van der Waals surface area contributed by atoms with Gasteiger partial charge in [0.15, 0.2) is 0 Å². The predicted molar refractivity (Wildman–Crippen MR) is 58.5 cm³/mol. The molecule has 0 radical (unpaired) electrons. The Bertz CT molecular complexity index is 451. The number of nitrogens with two attached hydrogens (primary N) is 1. The van der Waals surface area contributed by atoms with Crippen LogP contribution in [0, 0.1) is 0 Å². The summed E-state index contributed by atoms with van der Waals surface area (Å²) in [5, 5.41) is 0.929. The molecule has 0 fully saturated rings. The fourth-order valence-corrected chi connectivity index (χ4v) is 1.53. The molecule has 0 saturated heterocycles. The lowest BCUT2D eigenvalue weighted by Gasteiger charge is -2.04. The molecule has 0 aliphatic rings. The third-order valence-corrected chi connectivity index (χ3v) is 2.60. The highest BCUT2D eigenvalue weighted by Gasteiger charge is 2.07. The SMILES string of the molecule is Nc1cc(Cl)c(Cl)cc1-c1cnc[nH]1. The molecule has 0 saturated carbocycles. The van der Waals surface area contributed by atoms with Crippen LogP contribution in [0.15, 0.2) is 24.7 Å². The smallest absolute Gasteiger partial charge is 0.0924 e. The summed E-state index contributed by atoms with van der Waals surface area (Å²) in [6.45, 7) is 0. The lowest BCUT2D eigenvalue weighted by atomic mass is 10.1. The number of nitrogens with zero attached hydrogens (tertiary/aromatic N) is 1. The largest absolute Gasteiger partial charge is 0.398 e. The van der Waals surface area contributed by atoms with Gasteiger partial charge in [0.25, 0.3) is 0 Å². The Morgan fingerprint density at radius 2 is 1.93 bits per heavy atom. The first kappa shape index (κ1) is 9.37. The Morgan fingerprint density at radius 3 is 2.57 bits per heavy atom. The van der Waals surface area contributed by atoms with Gasteiger partial charge in [-0.25, -0.2) is 4.98 Å². The lowest BCUT2D eigenvalue weighted by Crippen LogP contribution is -1.90. The second-order valence-electron chi connectivity index (χ2n) is 2.82. The first-order valence-electron chi connectivity index (χ1n) is 3.92. The molecule has 1 heterocycles. The molecule has 0 spiro atoms. The number of nitrogen functional groups attached to an aromatic ring is 1. The number of benzene rings is 1. The molecule has 2 aromatic rings. The fraction of sp³-hybridized carbons (Fsp3) is 0. The van der Waals surface area contributed by atoms with E-state index in [0.29, 0.717) is 15.7 Å². The van der Waals surface area contributed by atoms with Gasteiger partial charge >= 0.3 is 0 Å². The molecule has 0 atom stereocenters. The van der Waals surface area contributed by atoms with E-state index in [-0.39, 0.29) is 0 Å². The van der Waals surface area contributed by atoms with Crippen molar-refractivity contribution in [3.05, 3.63) is 34.7 Å². The molecule has 3 nitrogen and oxygen atoms in total. The molecule has 3 N–H and O–H groups in total. The maximum absolute atomic E-state index is 5.88. The summed E-state index contributed by atoms with van der Waals surface area (Å²) in [6.07, 6.45) is 3.26. The van der Waals surface area contributed by atoms with E-state index in [4.69, 9.17) is 28.9 Å². The topological polar surface area (TPSA) is 54.7 Å². The number of anilines is 1. The molecule has 0 aliphatic carbocycles. The molecule has 2 rings (SSSR count). The van der Waals surface area contributed by atoms with Crippen molar-refractivity contribution in [1.82, 2.24) is 9.97 Å². The number of imidazole rings is 1. The zero-order chi connectivity index (χ0) is 10.1. The Morgan fingerprint density at radius 1 is 1.21 bits per heavy atom. The van der Waals surface area contributed by atoms with Crippen molar-refractivity contribution in [3.63, 3.8) is 0 Å². The van der Waals surface area contributed by atoms with Crippen molar-refractivity contribution in [3.8, 4) is 11.3 Å². The van der Waals surface area contributed by atoms with E-state index in [0.717, 1.165) is 11.3 Å². The molecule has 0 aliphatic heterocycles. The number of H-pyrrole nitrogens is 1. The van der Waals surface area contributed by atoms with Crippen molar-refractivity contribution in [2.24, 2.45) is 0 Å². The Kier molecular flexibility index (Phi) is 2.35. The maximum atomic E-state index is 5.88. The first-order valence-corrected chi connectivity index (χ1v) is 4.67. The molecule has 1 aromatic carbocycles. The van der Waals surface area contributed by atoms with Crippen molar-refractivity contribution < 1.29 is 0 Å². The summed E-state index contributed by atoms with van der Waals surface area (Å²) in [5.41, 5.74) is 7.99. The van der Waals surface area contributed by atoms with Crippen LogP contribution in [-0.2, 0) is 0 Å². The molecule has 0 amide bonds. The van der Waals surface area contributed by atoms with E-state index >= 15 is 0 Å². The van der Waals surface area contributed by atoms with Gasteiger partial charge in [-0.15, -0.1) is 0 Å². The van der Waals surface area contributed by atoms with Gasteiger partial charge in [-0.05, 0) is 12.1 Å². The zero-order valence-corrected chi connectivity index (χ0v) is 8.60. The molecular weight excluding hydrogens is 221 g/mol. The summed E-state index contributed by atoms with van der Waals surface area (Å²) >= 11 is 11.7. The molecule has 72 valence electrons. The van der Waals surface area contributed by atoms with Crippen LogP contribution < -0.4 is 5.73 Å². The zero-order valence-electron chi connectivity index (χ0n) is 7.09. The monoisotopic (exact) mass is 227 g/mol. The van der Waals surface area contributed by atoms with Gasteiger partial charge in [-0.3, -0.25) is 0 Å². The second-order valence-corrected chi connectivity index (χ2v) is 3.63. The third-order valence-electron chi connectivity index (χ3n) is 1.88. The average Bonchev–Trinajstić information content (AvgIpc) is 2.64. The standard InChI is InChI=1S/C9H7Cl2N3/c10-6-1-5(8(12)2-7(6)11)9-3-13-4-14-9/h1-4H,12H2,(H,13,14). The van der Waals surface area contributed by atoms with Crippen molar-refractivity contribution in [2.75, 3.05) is 5.73 Å². The minimum atomic E-state index is 0.451. The number of aromatic nitrogens is 2. The van der Waals surface area contributed by atoms with Crippen LogP contribution in [0.3, 0.4) is 0 Å². The summed E-state index contributed by atoms with van der Waals surface area (Å²) in [5.74, 6) is 0. The molecule has 5 heteroatoms.